The largest absolute Gasteiger partial charge is 0.618 e. The molecule has 2 amide bonds. The summed E-state index contributed by atoms with van der Waals surface area (Å²) in [6, 6.07) is 3.52. The second-order valence-corrected chi connectivity index (χ2v) is 9.82. The van der Waals surface area contributed by atoms with Gasteiger partial charge in [-0.15, -0.1) is 0 Å². The molecule has 30 heavy (non-hydrogen) atoms. The number of piperazine rings is 1. The monoisotopic (exact) mass is 407 g/mol. The Morgan fingerprint density at radius 2 is 2.00 bits per heavy atom. The summed E-state index contributed by atoms with van der Waals surface area (Å²) in [7, 11) is 0. The summed E-state index contributed by atoms with van der Waals surface area (Å²) in [6.07, 6.45) is 3.94. The average Bonchev–Trinajstić information content (AvgIpc) is 3.39. The number of carbonyl (C=O) groups is 2. The van der Waals surface area contributed by atoms with Crippen molar-refractivity contribution in [2.45, 2.75) is 44.2 Å². The number of carbonyl (C=O) groups excluding carboxylic acids is 2. The lowest BCUT2D eigenvalue weighted by molar-refractivity contribution is -0.362. The molecule has 7 aliphatic rings. The zero-order valence-corrected chi connectivity index (χ0v) is 16.8. The van der Waals surface area contributed by atoms with Crippen LogP contribution in [0.15, 0.2) is 18.2 Å². The highest BCUT2D eigenvalue weighted by atomic mass is 16.7. The van der Waals surface area contributed by atoms with Crippen molar-refractivity contribution in [1.82, 2.24) is 10.2 Å². The van der Waals surface area contributed by atoms with Gasteiger partial charge in [0.15, 0.2) is 11.5 Å². The van der Waals surface area contributed by atoms with Crippen molar-refractivity contribution in [3.63, 3.8) is 0 Å². The van der Waals surface area contributed by atoms with Gasteiger partial charge in [-0.3, -0.25) is 9.59 Å². The highest BCUT2D eigenvalue weighted by molar-refractivity contribution is 6.30. The van der Waals surface area contributed by atoms with E-state index < -0.39 is 16.5 Å². The Morgan fingerprint density at radius 3 is 2.80 bits per heavy atom. The molecular formula is C22H21N3O5. The molecule has 8 rings (SSSR count). The van der Waals surface area contributed by atoms with Gasteiger partial charge < -0.3 is 24.9 Å². The van der Waals surface area contributed by atoms with Gasteiger partial charge in [0.1, 0.15) is 11.1 Å². The quantitative estimate of drug-likeness (QED) is 0.522. The van der Waals surface area contributed by atoms with Gasteiger partial charge in [-0.05, 0) is 45.3 Å². The van der Waals surface area contributed by atoms with Gasteiger partial charge in [-0.2, -0.15) is 4.74 Å². The summed E-state index contributed by atoms with van der Waals surface area (Å²) in [6.45, 7) is 4.78. The Kier molecular flexibility index (Phi) is 2.60. The number of amides is 2. The molecule has 4 fully saturated rings. The molecule has 1 aromatic carbocycles. The van der Waals surface area contributed by atoms with Gasteiger partial charge in [0.2, 0.25) is 24.1 Å². The zero-order chi connectivity index (χ0) is 20.6. The number of ether oxygens (including phenoxy) is 2. The smallest absolute Gasteiger partial charge is 0.253 e. The van der Waals surface area contributed by atoms with Crippen molar-refractivity contribution in [2.75, 3.05) is 13.3 Å². The summed E-state index contributed by atoms with van der Waals surface area (Å²) >= 11 is 0. The van der Waals surface area contributed by atoms with Crippen molar-refractivity contribution < 1.29 is 23.8 Å². The molecule has 0 saturated carbocycles. The van der Waals surface area contributed by atoms with Crippen LogP contribution in [0.5, 0.6) is 11.5 Å². The number of hydrogen-bond acceptors (Lipinski definition) is 5. The predicted octanol–water partition coefficient (Wildman–Crippen LogP) is 1.68. The fourth-order valence-electron chi connectivity index (χ4n) is 6.87. The van der Waals surface area contributed by atoms with Crippen LogP contribution in [0.3, 0.4) is 0 Å². The van der Waals surface area contributed by atoms with E-state index in [-0.39, 0.29) is 24.5 Å². The van der Waals surface area contributed by atoms with E-state index in [1.807, 2.05) is 26.0 Å². The standard InChI is InChI=1S/C22H21N3O5/c1-20(2)16-9-21-4-3-5-24(21)19(27)22(16,23-18(21)26)8-12-11-6-14-15(30-10-29-14)7-13(11)25(28)17(12)20/h6-8,16H,3-5,9-10H2,1-2H3,(H,23,26)/t16-,21-,22-/m0/s1. The minimum absolute atomic E-state index is 0.0397. The van der Waals surface area contributed by atoms with Crippen LogP contribution < -0.4 is 14.8 Å². The number of fused-ring (bicyclic) bond motifs is 5. The van der Waals surface area contributed by atoms with Crippen molar-refractivity contribution in [3.05, 3.63) is 29.0 Å². The number of allylic oxidation sites excluding steroid dienone is 1. The van der Waals surface area contributed by atoms with Crippen LogP contribution >= 0.6 is 0 Å². The van der Waals surface area contributed by atoms with Gasteiger partial charge >= 0.3 is 0 Å². The van der Waals surface area contributed by atoms with Gasteiger partial charge in [-0.1, -0.05) is 0 Å². The predicted molar refractivity (Wildman–Crippen MR) is 105 cm³/mol. The first kappa shape index (κ1) is 16.7. The van der Waals surface area contributed by atoms with E-state index in [1.54, 1.807) is 11.0 Å². The molecule has 0 unspecified atom stereocenters. The molecule has 0 radical (unpaired) electrons. The normalized spacial score (nSPS) is 36.3. The summed E-state index contributed by atoms with van der Waals surface area (Å²) in [5.41, 5.74) is 0.0712. The van der Waals surface area contributed by atoms with E-state index in [2.05, 4.69) is 5.32 Å². The molecule has 2 bridgehead atoms. The fourth-order valence-corrected chi connectivity index (χ4v) is 6.87. The molecule has 6 aliphatic heterocycles. The number of nitrogens with one attached hydrogen (secondary N) is 1. The van der Waals surface area contributed by atoms with Gasteiger partial charge in [0.25, 0.3) is 5.91 Å². The highest BCUT2D eigenvalue weighted by Crippen LogP contribution is 2.60. The summed E-state index contributed by atoms with van der Waals surface area (Å²) in [5, 5.41) is 16.6. The number of nitrogens with zero attached hydrogens (tertiary/aromatic N) is 2. The Labute approximate surface area is 172 Å². The van der Waals surface area contributed by atoms with Crippen LogP contribution in [0, 0.1) is 16.5 Å². The molecule has 1 N–H and O–H groups in total. The third-order valence-corrected chi connectivity index (χ3v) is 8.23. The molecule has 6 heterocycles. The second-order valence-electron chi connectivity index (χ2n) is 9.82. The Bertz CT molecular complexity index is 1170. The number of rotatable bonds is 0. The minimum atomic E-state index is -1.12. The average molecular weight is 407 g/mol. The van der Waals surface area contributed by atoms with Crippen LogP contribution in [-0.4, -0.2) is 51.6 Å². The van der Waals surface area contributed by atoms with Crippen LogP contribution in [0.1, 0.15) is 38.7 Å². The van der Waals surface area contributed by atoms with Crippen LogP contribution in [0.4, 0.5) is 5.69 Å². The molecular weight excluding hydrogens is 386 g/mol. The lowest BCUT2D eigenvalue weighted by atomic mass is 9.51. The van der Waals surface area contributed by atoms with Gasteiger partial charge in [0.05, 0.1) is 22.6 Å². The van der Waals surface area contributed by atoms with Crippen LogP contribution in [0.25, 0.3) is 5.57 Å². The topological polar surface area (TPSA) is 93.9 Å². The molecule has 1 aromatic rings. The molecule has 8 heteroatoms. The van der Waals surface area contributed by atoms with E-state index in [0.717, 1.165) is 16.7 Å². The first-order valence-electron chi connectivity index (χ1n) is 10.5. The molecule has 3 atom stereocenters. The van der Waals surface area contributed by atoms with Crippen molar-refractivity contribution in [2.24, 2.45) is 11.3 Å². The number of piperidine rings is 2. The maximum atomic E-state index is 13.7. The lowest BCUT2D eigenvalue weighted by Crippen LogP contribution is -2.83. The van der Waals surface area contributed by atoms with E-state index in [4.69, 9.17) is 9.47 Å². The first-order chi connectivity index (χ1) is 14.3. The SMILES string of the molecule is CC1(C)C2=[N+]([O-])c3cc4c(cc3C2=C[C@@]23NC(=O)[C@]5(CCCN5C2=O)C[C@@H]13)OCO4. The van der Waals surface area contributed by atoms with Gasteiger partial charge in [0, 0.05) is 12.5 Å². The number of benzene rings is 1. The number of hydrogen-bond donors (Lipinski definition) is 1. The van der Waals surface area contributed by atoms with Crippen molar-refractivity contribution >= 4 is 28.8 Å². The van der Waals surface area contributed by atoms with Gasteiger partial charge in [-0.25, -0.2) is 0 Å². The second kappa shape index (κ2) is 4.66. The summed E-state index contributed by atoms with van der Waals surface area (Å²) < 4.78 is 12.0. The maximum Gasteiger partial charge on any atom is 0.253 e. The molecule has 0 aromatic heterocycles. The Balaban J connectivity index is 1.51. The lowest BCUT2D eigenvalue weighted by Gasteiger charge is -2.62. The molecule has 2 spiro atoms. The van der Waals surface area contributed by atoms with E-state index >= 15 is 0 Å². The van der Waals surface area contributed by atoms with E-state index in [0.29, 0.717) is 47.9 Å². The molecule has 154 valence electrons. The van der Waals surface area contributed by atoms with Crippen LogP contribution in [-0.2, 0) is 9.59 Å². The molecule has 8 nitrogen and oxygen atoms in total. The zero-order valence-electron chi connectivity index (χ0n) is 16.8. The summed E-state index contributed by atoms with van der Waals surface area (Å²) in [5.74, 6) is 0.848. The maximum absolute atomic E-state index is 13.7. The highest BCUT2D eigenvalue weighted by Gasteiger charge is 2.73. The third-order valence-electron chi connectivity index (χ3n) is 8.23. The first-order valence-corrected chi connectivity index (χ1v) is 10.5. The Hall–Kier alpha value is -3.03. The van der Waals surface area contributed by atoms with Crippen LogP contribution in [0.2, 0.25) is 0 Å². The van der Waals surface area contributed by atoms with E-state index in [1.165, 1.54) is 0 Å². The van der Waals surface area contributed by atoms with Crippen molar-refractivity contribution in [1.29, 1.82) is 0 Å². The Morgan fingerprint density at radius 1 is 1.23 bits per heavy atom. The third kappa shape index (κ3) is 1.53. The summed E-state index contributed by atoms with van der Waals surface area (Å²) in [4.78, 5) is 28.7. The molecule has 1 aliphatic carbocycles. The molecule has 4 saturated heterocycles. The van der Waals surface area contributed by atoms with E-state index in [9.17, 15) is 14.8 Å². The van der Waals surface area contributed by atoms with Crippen molar-refractivity contribution in [3.8, 4) is 11.5 Å². The fraction of sp³-hybridized carbons (Fsp3) is 0.500. The minimum Gasteiger partial charge on any atom is -0.618 e.